The van der Waals surface area contributed by atoms with Gasteiger partial charge in [-0.2, -0.15) is 0 Å². The molecule has 0 radical (unpaired) electrons. The minimum Gasteiger partial charge on any atom is -0.370 e. The molecule has 1 aromatic rings. The predicted molar refractivity (Wildman–Crippen MR) is 57.5 cm³/mol. The van der Waals surface area contributed by atoms with Crippen LogP contribution in [0.5, 0.6) is 0 Å². The van der Waals surface area contributed by atoms with Crippen molar-refractivity contribution in [1.82, 2.24) is 10.2 Å². The molecule has 1 rings (SSSR count). The molecule has 0 saturated carbocycles. The van der Waals surface area contributed by atoms with Crippen LogP contribution in [-0.2, 0) is 9.59 Å². The lowest BCUT2D eigenvalue weighted by Gasteiger charge is -2.09. The number of nitrogens with one attached hydrogen (secondary N) is 1. The lowest BCUT2D eigenvalue weighted by Crippen LogP contribution is -2.39. The Morgan fingerprint density at radius 1 is 1.44 bits per heavy atom. The van der Waals surface area contributed by atoms with Crippen LogP contribution in [0.3, 0.4) is 0 Å². The van der Waals surface area contributed by atoms with E-state index < -0.39 is 17.9 Å². The highest BCUT2D eigenvalue weighted by atomic mass is 35.5. The molecule has 2 amide bonds. The van der Waals surface area contributed by atoms with Crippen molar-refractivity contribution in [1.29, 1.82) is 0 Å². The molecule has 0 aliphatic heterocycles. The topological polar surface area (TPSA) is 124 Å². The summed E-state index contributed by atoms with van der Waals surface area (Å²) in [6.45, 7) is 0. The summed E-state index contributed by atoms with van der Waals surface area (Å²) in [5, 5.41) is 9.69. The number of halogens is 1. The Hall–Kier alpha value is -1.73. The largest absolute Gasteiger partial charge is 0.370 e. The number of hydrogen-bond acceptors (Lipinski definition) is 5. The van der Waals surface area contributed by atoms with Crippen LogP contribution in [0, 0.1) is 0 Å². The average Bonchev–Trinajstić information content (AvgIpc) is 2.20. The number of nitrogens with zero attached hydrogens (tertiary/aromatic N) is 2. The maximum Gasteiger partial charge on any atom is 0.243 e. The molecule has 1 atom stereocenters. The van der Waals surface area contributed by atoms with E-state index in [4.69, 9.17) is 23.1 Å². The standard InChI is InChI=1S/C8H10ClN5O2/c9-5-1-2-7(14-13-5)12-8(16)4(10)3-6(11)15/h1-2,4H,3,10H2,(H2,11,15)(H,12,14,16). The Morgan fingerprint density at radius 3 is 2.62 bits per heavy atom. The fraction of sp³-hybridized carbons (Fsp3) is 0.250. The summed E-state index contributed by atoms with van der Waals surface area (Å²) in [7, 11) is 0. The van der Waals surface area contributed by atoms with Gasteiger partial charge in [-0.15, -0.1) is 10.2 Å². The molecule has 0 aliphatic rings. The van der Waals surface area contributed by atoms with Crippen LogP contribution in [0.25, 0.3) is 0 Å². The van der Waals surface area contributed by atoms with E-state index in [1.807, 2.05) is 0 Å². The number of nitrogens with two attached hydrogens (primary N) is 2. The first-order valence-electron chi connectivity index (χ1n) is 4.33. The molecule has 0 aliphatic carbocycles. The normalized spacial score (nSPS) is 11.9. The highest BCUT2D eigenvalue weighted by molar-refractivity contribution is 6.29. The van der Waals surface area contributed by atoms with E-state index in [0.29, 0.717) is 0 Å². The number of anilines is 1. The third kappa shape index (κ3) is 3.79. The monoisotopic (exact) mass is 243 g/mol. The number of rotatable bonds is 4. The van der Waals surface area contributed by atoms with E-state index in [1.165, 1.54) is 12.1 Å². The SMILES string of the molecule is NC(=O)CC(N)C(=O)Nc1ccc(Cl)nn1. The summed E-state index contributed by atoms with van der Waals surface area (Å²) >= 11 is 5.51. The van der Waals surface area contributed by atoms with Crippen molar-refractivity contribution in [3.8, 4) is 0 Å². The van der Waals surface area contributed by atoms with Crippen molar-refractivity contribution in [3.63, 3.8) is 0 Å². The fourth-order valence-corrected chi connectivity index (χ4v) is 1.01. The Balaban J connectivity index is 2.57. The van der Waals surface area contributed by atoms with Crippen molar-refractivity contribution < 1.29 is 9.59 Å². The van der Waals surface area contributed by atoms with Crippen molar-refractivity contribution in [2.75, 3.05) is 5.32 Å². The Morgan fingerprint density at radius 2 is 2.12 bits per heavy atom. The van der Waals surface area contributed by atoms with Gasteiger partial charge in [0, 0.05) is 0 Å². The Labute approximate surface area is 96.2 Å². The minimum atomic E-state index is -1.00. The third-order valence-corrected chi connectivity index (χ3v) is 1.84. The first kappa shape index (κ1) is 12.3. The van der Waals surface area contributed by atoms with E-state index in [9.17, 15) is 9.59 Å². The molecular weight excluding hydrogens is 234 g/mol. The van der Waals surface area contributed by atoms with Crippen LogP contribution in [0.4, 0.5) is 5.82 Å². The van der Waals surface area contributed by atoms with Crippen LogP contribution in [-0.4, -0.2) is 28.1 Å². The molecule has 5 N–H and O–H groups in total. The lowest BCUT2D eigenvalue weighted by molar-refractivity contribution is -0.123. The molecule has 86 valence electrons. The first-order chi connectivity index (χ1) is 7.49. The van der Waals surface area contributed by atoms with Gasteiger partial charge in [0.25, 0.3) is 0 Å². The second-order valence-corrected chi connectivity index (χ2v) is 3.39. The second-order valence-electron chi connectivity index (χ2n) is 3.01. The molecule has 1 aromatic heterocycles. The predicted octanol–water partition coefficient (Wildman–Crippen LogP) is -0.729. The summed E-state index contributed by atoms with van der Waals surface area (Å²) < 4.78 is 0. The molecule has 7 nitrogen and oxygen atoms in total. The Bertz CT molecular complexity index is 394. The van der Waals surface area contributed by atoms with Gasteiger partial charge in [-0.25, -0.2) is 0 Å². The number of primary amides is 1. The van der Waals surface area contributed by atoms with Gasteiger partial charge in [-0.05, 0) is 12.1 Å². The molecule has 16 heavy (non-hydrogen) atoms. The van der Waals surface area contributed by atoms with Gasteiger partial charge in [-0.1, -0.05) is 11.6 Å². The van der Waals surface area contributed by atoms with Gasteiger partial charge in [0.2, 0.25) is 11.8 Å². The zero-order valence-electron chi connectivity index (χ0n) is 8.18. The smallest absolute Gasteiger partial charge is 0.243 e. The quantitative estimate of drug-likeness (QED) is 0.643. The molecule has 0 spiro atoms. The van der Waals surface area contributed by atoms with Gasteiger partial charge in [-0.3, -0.25) is 9.59 Å². The molecule has 0 fully saturated rings. The van der Waals surface area contributed by atoms with E-state index in [0.717, 1.165) is 0 Å². The maximum atomic E-state index is 11.4. The number of amides is 2. The number of hydrogen-bond donors (Lipinski definition) is 3. The van der Waals surface area contributed by atoms with Crippen molar-refractivity contribution in [2.45, 2.75) is 12.5 Å². The number of carbonyl (C=O) groups excluding carboxylic acids is 2. The van der Waals surface area contributed by atoms with Crippen molar-refractivity contribution >= 4 is 29.2 Å². The third-order valence-electron chi connectivity index (χ3n) is 1.64. The lowest BCUT2D eigenvalue weighted by atomic mass is 10.2. The molecule has 0 saturated heterocycles. The zero-order valence-corrected chi connectivity index (χ0v) is 8.94. The van der Waals surface area contributed by atoms with Crippen LogP contribution in [0.1, 0.15) is 6.42 Å². The van der Waals surface area contributed by atoms with Crippen LogP contribution >= 0.6 is 11.6 Å². The molecule has 1 heterocycles. The number of aromatic nitrogens is 2. The van der Waals surface area contributed by atoms with Crippen LogP contribution in [0.15, 0.2) is 12.1 Å². The molecule has 8 heteroatoms. The first-order valence-corrected chi connectivity index (χ1v) is 4.71. The average molecular weight is 244 g/mol. The summed E-state index contributed by atoms with van der Waals surface area (Å²) in [6.07, 6.45) is -0.229. The van der Waals surface area contributed by atoms with Gasteiger partial charge >= 0.3 is 0 Å². The highest BCUT2D eigenvalue weighted by Gasteiger charge is 2.16. The minimum absolute atomic E-state index is 0.203. The van der Waals surface area contributed by atoms with Gasteiger partial charge in [0.15, 0.2) is 11.0 Å². The molecule has 1 unspecified atom stereocenters. The zero-order chi connectivity index (χ0) is 12.1. The van der Waals surface area contributed by atoms with Gasteiger partial charge in [0.05, 0.1) is 12.5 Å². The summed E-state index contributed by atoms with van der Waals surface area (Å²) in [4.78, 5) is 21.9. The van der Waals surface area contributed by atoms with E-state index in [1.54, 1.807) is 0 Å². The summed E-state index contributed by atoms with van der Waals surface area (Å²) in [5.41, 5.74) is 10.3. The van der Waals surface area contributed by atoms with Gasteiger partial charge in [0.1, 0.15) is 0 Å². The van der Waals surface area contributed by atoms with Crippen LogP contribution < -0.4 is 16.8 Å². The van der Waals surface area contributed by atoms with E-state index in [-0.39, 0.29) is 17.4 Å². The Kier molecular flexibility index (Phi) is 4.15. The van der Waals surface area contributed by atoms with E-state index in [2.05, 4.69) is 15.5 Å². The number of carbonyl (C=O) groups is 2. The molecular formula is C8H10ClN5O2. The van der Waals surface area contributed by atoms with Crippen molar-refractivity contribution in [3.05, 3.63) is 17.3 Å². The molecule has 0 bridgehead atoms. The maximum absolute atomic E-state index is 11.4. The summed E-state index contributed by atoms with van der Waals surface area (Å²) in [5.74, 6) is -1.01. The van der Waals surface area contributed by atoms with Gasteiger partial charge < -0.3 is 16.8 Å². The summed E-state index contributed by atoms with van der Waals surface area (Å²) in [6, 6.07) is 1.92. The second kappa shape index (κ2) is 5.38. The van der Waals surface area contributed by atoms with Crippen molar-refractivity contribution in [2.24, 2.45) is 11.5 Å². The highest BCUT2D eigenvalue weighted by Crippen LogP contribution is 2.06. The molecule has 0 aromatic carbocycles. The van der Waals surface area contributed by atoms with E-state index >= 15 is 0 Å². The van der Waals surface area contributed by atoms with Crippen LogP contribution in [0.2, 0.25) is 5.15 Å². The fourth-order valence-electron chi connectivity index (χ4n) is 0.911.